The van der Waals surface area contributed by atoms with E-state index in [1.807, 2.05) is 24.3 Å². The maximum absolute atomic E-state index is 13.3. The van der Waals surface area contributed by atoms with E-state index in [-0.39, 0.29) is 10.6 Å². The fraction of sp³-hybridized carbons (Fsp3) is 0.250. The van der Waals surface area contributed by atoms with Gasteiger partial charge in [0, 0.05) is 0 Å². The lowest BCUT2D eigenvalue weighted by Crippen LogP contribution is -2.15. The van der Waals surface area contributed by atoms with Gasteiger partial charge in [-0.3, -0.25) is 0 Å². The molecule has 0 saturated heterocycles. The van der Waals surface area contributed by atoms with Crippen molar-refractivity contribution in [2.24, 2.45) is 0 Å². The van der Waals surface area contributed by atoms with Crippen LogP contribution >= 0.6 is 15.9 Å². The van der Waals surface area contributed by atoms with Crippen molar-refractivity contribution in [1.82, 2.24) is 0 Å². The van der Waals surface area contributed by atoms with E-state index >= 15 is 0 Å². The Kier molecular flexibility index (Phi) is 3.66. The molecule has 2 nitrogen and oxygen atoms in total. The van der Waals surface area contributed by atoms with Gasteiger partial charge in [0.15, 0.2) is 11.5 Å². The molecule has 2 aromatic carbocycles. The van der Waals surface area contributed by atoms with Gasteiger partial charge in [0.1, 0.15) is 19.0 Å². The lowest BCUT2D eigenvalue weighted by molar-refractivity contribution is 0.171. The highest BCUT2D eigenvalue weighted by Gasteiger charge is 2.17. The van der Waals surface area contributed by atoms with Gasteiger partial charge in [-0.2, -0.15) is 0 Å². The fourth-order valence-corrected chi connectivity index (χ4v) is 2.81. The Balaban J connectivity index is 1.93. The highest BCUT2D eigenvalue weighted by molar-refractivity contribution is 9.09. The summed E-state index contributed by atoms with van der Waals surface area (Å²) < 4.78 is 24.4. The number of hydrogen-bond donors (Lipinski definition) is 0. The first kappa shape index (κ1) is 13.4. The predicted octanol–water partition coefficient (Wildman–Crippen LogP) is 4.39. The Morgan fingerprint density at radius 2 is 1.65 bits per heavy atom. The molecule has 104 valence electrons. The molecule has 0 saturated carbocycles. The molecule has 0 aromatic heterocycles. The Hall–Kier alpha value is -1.55. The number of rotatable bonds is 2. The normalized spacial score (nSPS) is 14.9. The maximum Gasteiger partial charge on any atom is 0.161 e. The average molecular weight is 337 g/mol. The number of benzene rings is 2. The molecule has 0 radical (unpaired) electrons. The molecule has 0 amide bonds. The van der Waals surface area contributed by atoms with Crippen LogP contribution in [0.5, 0.6) is 11.5 Å². The molecule has 20 heavy (non-hydrogen) atoms. The molecule has 2 aromatic rings. The van der Waals surface area contributed by atoms with E-state index in [0.29, 0.717) is 18.8 Å². The summed E-state index contributed by atoms with van der Waals surface area (Å²) in [6.45, 7) is 2.92. The third kappa shape index (κ3) is 2.52. The van der Waals surface area contributed by atoms with Crippen molar-refractivity contribution in [1.29, 1.82) is 0 Å². The molecule has 0 aliphatic carbocycles. The van der Waals surface area contributed by atoms with Crippen molar-refractivity contribution < 1.29 is 13.9 Å². The minimum atomic E-state index is -0.185. The number of aryl methyl sites for hydroxylation is 1. The second kappa shape index (κ2) is 5.44. The minimum absolute atomic E-state index is 0.00220. The van der Waals surface area contributed by atoms with Crippen molar-refractivity contribution >= 4 is 15.9 Å². The third-order valence-corrected chi connectivity index (χ3v) is 4.39. The van der Waals surface area contributed by atoms with Crippen LogP contribution in [-0.4, -0.2) is 13.2 Å². The van der Waals surface area contributed by atoms with E-state index in [4.69, 9.17) is 9.47 Å². The van der Waals surface area contributed by atoms with E-state index in [1.54, 1.807) is 13.0 Å². The third-order valence-electron chi connectivity index (χ3n) is 3.33. The molecule has 4 heteroatoms. The van der Waals surface area contributed by atoms with Gasteiger partial charge >= 0.3 is 0 Å². The van der Waals surface area contributed by atoms with Crippen LogP contribution in [0.2, 0.25) is 0 Å². The summed E-state index contributed by atoms with van der Waals surface area (Å²) in [6.07, 6.45) is 0. The van der Waals surface area contributed by atoms with E-state index in [1.165, 1.54) is 6.07 Å². The van der Waals surface area contributed by atoms with Gasteiger partial charge in [-0.1, -0.05) is 34.1 Å². The first-order valence-electron chi connectivity index (χ1n) is 6.45. The number of alkyl halides is 1. The van der Waals surface area contributed by atoms with Gasteiger partial charge in [0.05, 0.1) is 4.83 Å². The number of fused-ring (bicyclic) bond motifs is 1. The minimum Gasteiger partial charge on any atom is -0.486 e. The topological polar surface area (TPSA) is 18.5 Å². The summed E-state index contributed by atoms with van der Waals surface area (Å²) in [5.74, 6) is 1.35. The molecule has 1 aliphatic heterocycles. The number of halogens is 2. The van der Waals surface area contributed by atoms with Crippen LogP contribution in [0.25, 0.3) is 0 Å². The maximum atomic E-state index is 13.3. The van der Waals surface area contributed by atoms with Gasteiger partial charge in [0.25, 0.3) is 0 Å². The van der Waals surface area contributed by atoms with Crippen molar-refractivity contribution in [3.63, 3.8) is 0 Å². The van der Waals surface area contributed by atoms with Crippen molar-refractivity contribution in [3.05, 3.63) is 58.9 Å². The van der Waals surface area contributed by atoms with E-state index in [0.717, 1.165) is 22.6 Å². The zero-order valence-electron chi connectivity index (χ0n) is 11.0. The van der Waals surface area contributed by atoms with E-state index in [2.05, 4.69) is 15.9 Å². The molecule has 1 atom stereocenters. The quantitative estimate of drug-likeness (QED) is 0.757. The lowest BCUT2D eigenvalue weighted by atomic mass is 10.0. The van der Waals surface area contributed by atoms with Crippen molar-refractivity contribution in [2.45, 2.75) is 11.8 Å². The molecule has 0 spiro atoms. The zero-order valence-corrected chi connectivity index (χ0v) is 12.6. The zero-order chi connectivity index (χ0) is 14.1. The van der Waals surface area contributed by atoms with Crippen LogP contribution in [-0.2, 0) is 0 Å². The first-order valence-corrected chi connectivity index (χ1v) is 7.36. The van der Waals surface area contributed by atoms with Crippen LogP contribution in [0.15, 0.2) is 36.4 Å². The second-order valence-electron chi connectivity index (χ2n) is 4.77. The Morgan fingerprint density at radius 1 is 1.00 bits per heavy atom. The van der Waals surface area contributed by atoms with Gasteiger partial charge in [-0.05, 0) is 41.8 Å². The summed E-state index contributed by atoms with van der Waals surface area (Å²) in [4.78, 5) is -0.00220. The Bertz CT molecular complexity index is 642. The van der Waals surface area contributed by atoms with Crippen LogP contribution < -0.4 is 9.47 Å². The van der Waals surface area contributed by atoms with Crippen LogP contribution in [0.1, 0.15) is 21.5 Å². The van der Waals surface area contributed by atoms with Gasteiger partial charge in [-0.25, -0.2) is 4.39 Å². The molecular weight excluding hydrogens is 323 g/mol. The molecular formula is C16H14BrFO2. The van der Waals surface area contributed by atoms with Gasteiger partial charge in [0.2, 0.25) is 0 Å². The molecule has 3 rings (SSSR count). The summed E-state index contributed by atoms with van der Waals surface area (Å²) >= 11 is 3.66. The standard InChI is InChI=1S/C16H14BrFO2/c1-10-8-11(2-4-13(10)18)16(17)12-3-5-14-15(9-12)20-7-6-19-14/h2-5,8-9,16H,6-7H2,1H3. The summed E-state index contributed by atoms with van der Waals surface area (Å²) in [7, 11) is 0. The van der Waals surface area contributed by atoms with E-state index in [9.17, 15) is 4.39 Å². The largest absolute Gasteiger partial charge is 0.486 e. The fourth-order valence-electron chi connectivity index (χ4n) is 2.24. The van der Waals surface area contributed by atoms with Crippen LogP contribution in [0.3, 0.4) is 0 Å². The lowest BCUT2D eigenvalue weighted by Gasteiger charge is -2.20. The molecule has 1 aliphatic rings. The van der Waals surface area contributed by atoms with Crippen molar-refractivity contribution in [2.75, 3.05) is 13.2 Å². The predicted molar refractivity (Wildman–Crippen MR) is 79.3 cm³/mol. The number of hydrogen-bond acceptors (Lipinski definition) is 2. The highest BCUT2D eigenvalue weighted by Crippen LogP contribution is 2.38. The van der Waals surface area contributed by atoms with Crippen LogP contribution in [0.4, 0.5) is 4.39 Å². The Labute approximate surface area is 125 Å². The molecule has 0 bridgehead atoms. The average Bonchev–Trinajstić information content (AvgIpc) is 2.49. The molecule has 0 fully saturated rings. The summed E-state index contributed by atoms with van der Waals surface area (Å²) in [5.41, 5.74) is 2.71. The second-order valence-corrected chi connectivity index (χ2v) is 5.69. The molecule has 1 heterocycles. The first-order chi connectivity index (χ1) is 9.65. The molecule has 0 N–H and O–H groups in total. The summed E-state index contributed by atoms with van der Waals surface area (Å²) in [6, 6.07) is 11.0. The smallest absolute Gasteiger partial charge is 0.161 e. The molecule has 1 unspecified atom stereocenters. The van der Waals surface area contributed by atoms with Crippen LogP contribution in [0, 0.1) is 12.7 Å². The monoisotopic (exact) mass is 336 g/mol. The summed E-state index contributed by atoms with van der Waals surface area (Å²) in [5, 5.41) is 0. The van der Waals surface area contributed by atoms with E-state index < -0.39 is 0 Å². The Morgan fingerprint density at radius 3 is 2.40 bits per heavy atom. The SMILES string of the molecule is Cc1cc(C(Br)c2ccc3c(c2)OCCO3)ccc1F. The van der Waals surface area contributed by atoms with Gasteiger partial charge < -0.3 is 9.47 Å². The number of ether oxygens (including phenoxy) is 2. The van der Waals surface area contributed by atoms with Gasteiger partial charge in [-0.15, -0.1) is 0 Å². The highest BCUT2D eigenvalue weighted by atomic mass is 79.9. The van der Waals surface area contributed by atoms with Crippen molar-refractivity contribution in [3.8, 4) is 11.5 Å².